The number of rotatable bonds is 4. The molecule has 1 aromatic heterocycles. The topological polar surface area (TPSA) is 80.4 Å². The third kappa shape index (κ3) is 3.39. The first-order chi connectivity index (χ1) is 13.0. The second-order valence-corrected chi connectivity index (χ2v) is 6.84. The van der Waals surface area contributed by atoms with Gasteiger partial charge in [0.1, 0.15) is 6.54 Å². The number of β-amino-alcohol motifs (C(OH)–C–C–N with tert-alkyl or cyclic N) is 1. The van der Waals surface area contributed by atoms with E-state index >= 15 is 0 Å². The van der Waals surface area contributed by atoms with Crippen LogP contribution in [-0.4, -0.2) is 49.5 Å². The zero-order valence-corrected chi connectivity index (χ0v) is 15.1. The number of likely N-dealkylation sites (tertiary alicyclic amines) is 1. The Kier molecular flexibility index (Phi) is 4.55. The van der Waals surface area contributed by atoms with E-state index in [0.717, 1.165) is 5.56 Å². The predicted molar refractivity (Wildman–Crippen MR) is 101 cm³/mol. The van der Waals surface area contributed by atoms with Gasteiger partial charge in [0, 0.05) is 23.7 Å². The van der Waals surface area contributed by atoms with Gasteiger partial charge in [0.05, 0.1) is 11.8 Å². The number of carbonyl (C=O) groups excluding carboxylic acids is 1. The van der Waals surface area contributed by atoms with Gasteiger partial charge in [0.2, 0.25) is 5.91 Å². The van der Waals surface area contributed by atoms with Crippen molar-refractivity contribution in [1.29, 1.82) is 0 Å². The average molecular weight is 385 g/mol. The van der Waals surface area contributed by atoms with Crippen LogP contribution in [0.4, 0.5) is 0 Å². The summed E-state index contributed by atoms with van der Waals surface area (Å²) in [4.78, 5) is 27.0. The fourth-order valence-corrected chi connectivity index (χ4v) is 3.11. The molecule has 1 fully saturated rings. The minimum Gasteiger partial charge on any atom is -0.389 e. The van der Waals surface area contributed by atoms with Gasteiger partial charge in [0.15, 0.2) is 5.82 Å². The first kappa shape index (κ1) is 17.5. The van der Waals surface area contributed by atoms with E-state index in [-0.39, 0.29) is 12.5 Å². The number of benzene rings is 2. The van der Waals surface area contributed by atoms with Gasteiger partial charge in [-0.1, -0.05) is 41.9 Å². The monoisotopic (exact) mass is 384 g/mol. The number of carbonyl (C=O) groups is 1. The van der Waals surface area contributed by atoms with Crippen LogP contribution in [0.3, 0.4) is 0 Å². The van der Waals surface area contributed by atoms with Crippen LogP contribution < -0.4 is 5.69 Å². The Labute approximate surface area is 160 Å². The Morgan fingerprint density at radius 3 is 2.41 bits per heavy atom. The maximum Gasteiger partial charge on any atom is 0.351 e. The highest BCUT2D eigenvalue weighted by Crippen LogP contribution is 2.18. The maximum absolute atomic E-state index is 13.0. The fourth-order valence-electron chi connectivity index (χ4n) is 2.98. The molecule has 0 atom stereocenters. The maximum atomic E-state index is 13.0. The van der Waals surface area contributed by atoms with Crippen LogP contribution >= 0.6 is 11.6 Å². The first-order valence-electron chi connectivity index (χ1n) is 8.50. The van der Waals surface area contributed by atoms with E-state index in [1.165, 1.54) is 14.1 Å². The molecule has 2 aromatic carbocycles. The highest BCUT2D eigenvalue weighted by Gasteiger charge is 2.30. The lowest BCUT2D eigenvalue weighted by molar-refractivity contribution is -0.141. The van der Waals surface area contributed by atoms with Crippen molar-refractivity contribution in [3.8, 4) is 17.1 Å². The predicted octanol–water partition coefficient (Wildman–Crippen LogP) is 1.56. The van der Waals surface area contributed by atoms with Crippen LogP contribution in [0, 0.1) is 0 Å². The van der Waals surface area contributed by atoms with Gasteiger partial charge < -0.3 is 10.0 Å². The lowest BCUT2D eigenvalue weighted by Crippen LogP contribution is -2.54. The van der Waals surface area contributed by atoms with Crippen molar-refractivity contribution in [2.45, 2.75) is 12.6 Å². The Morgan fingerprint density at radius 1 is 1.11 bits per heavy atom. The van der Waals surface area contributed by atoms with Crippen molar-refractivity contribution in [1.82, 2.24) is 19.2 Å². The number of hydrogen-bond donors (Lipinski definition) is 1. The molecule has 1 aliphatic heterocycles. The molecular formula is C19H17ClN4O3. The summed E-state index contributed by atoms with van der Waals surface area (Å²) in [5.74, 6) is 0.181. The number of aromatic nitrogens is 3. The van der Waals surface area contributed by atoms with Gasteiger partial charge in [-0.3, -0.25) is 9.36 Å². The molecule has 0 radical (unpaired) electrons. The summed E-state index contributed by atoms with van der Waals surface area (Å²) in [6.45, 7) is 0.447. The lowest BCUT2D eigenvalue weighted by Gasteiger charge is -2.35. The minimum absolute atomic E-state index is 0.136. The van der Waals surface area contributed by atoms with Crippen LogP contribution in [-0.2, 0) is 11.3 Å². The van der Waals surface area contributed by atoms with E-state index in [4.69, 9.17) is 11.6 Å². The Balaban J connectivity index is 1.76. The van der Waals surface area contributed by atoms with E-state index in [1.807, 2.05) is 30.3 Å². The quantitative estimate of drug-likeness (QED) is 0.740. The zero-order chi connectivity index (χ0) is 19.0. The molecule has 8 heteroatoms. The molecule has 1 saturated heterocycles. The van der Waals surface area contributed by atoms with Crippen molar-refractivity contribution in [3.63, 3.8) is 0 Å². The summed E-state index contributed by atoms with van der Waals surface area (Å²) >= 11 is 5.93. The molecule has 0 saturated carbocycles. The fraction of sp³-hybridized carbons (Fsp3) is 0.211. The van der Waals surface area contributed by atoms with Gasteiger partial charge in [-0.05, 0) is 24.3 Å². The molecule has 3 aromatic rings. The van der Waals surface area contributed by atoms with Crippen LogP contribution in [0.1, 0.15) is 0 Å². The third-order valence-electron chi connectivity index (χ3n) is 4.47. The molecule has 0 aliphatic carbocycles. The Bertz CT molecular complexity index is 1020. The Morgan fingerprint density at radius 2 is 1.78 bits per heavy atom. The van der Waals surface area contributed by atoms with Gasteiger partial charge >= 0.3 is 5.69 Å². The zero-order valence-electron chi connectivity index (χ0n) is 14.3. The minimum atomic E-state index is -0.490. The molecule has 1 aliphatic rings. The van der Waals surface area contributed by atoms with Crippen LogP contribution in [0.2, 0.25) is 5.02 Å². The molecule has 0 bridgehead atoms. The molecule has 2 heterocycles. The second kappa shape index (κ2) is 7.02. The summed E-state index contributed by atoms with van der Waals surface area (Å²) in [6.07, 6.45) is -0.490. The van der Waals surface area contributed by atoms with Gasteiger partial charge in [-0.25, -0.2) is 4.79 Å². The number of aliphatic hydroxyl groups is 1. The van der Waals surface area contributed by atoms with Crippen molar-refractivity contribution in [2.75, 3.05) is 13.1 Å². The molecule has 0 spiro atoms. The molecular weight excluding hydrogens is 368 g/mol. The number of nitrogens with zero attached hydrogens (tertiary/aromatic N) is 4. The summed E-state index contributed by atoms with van der Waals surface area (Å²) in [5.41, 5.74) is 0.886. The first-order valence-corrected chi connectivity index (χ1v) is 8.88. The van der Waals surface area contributed by atoms with Crippen molar-refractivity contribution in [2.24, 2.45) is 0 Å². The van der Waals surface area contributed by atoms with Crippen molar-refractivity contribution < 1.29 is 9.90 Å². The summed E-state index contributed by atoms with van der Waals surface area (Å²) in [6, 6.07) is 16.0. The molecule has 138 valence electrons. The number of hydrogen-bond acceptors (Lipinski definition) is 4. The second-order valence-electron chi connectivity index (χ2n) is 6.40. The number of aliphatic hydroxyl groups excluding tert-OH is 1. The van der Waals surface area contributed by atoms with E-state index in [0.29, 0.717) is 29.6 Å². The molecule has 7 nitrogen and oxygen atoms in total. The molecule has 1 amide bonds. The molecule has 1 N–H and O–H groups in total. The standard InChI is InChI=1S/C19H17ClN4O3/c20-14-6-8-15(9-7-14)24-19(27)23(12-17(26)22-10-16(25)11-22)18(21-24)13-4-2-1-3-5-13/h1-9,16,25H,10-12H2. The lowest BCUT2D eigenvalue weighted by atomic mass is 10.1. The van der Waals surface area contributed by atoms with Gasteiger partial charge in [-0.2, -0.15) is 4.68 Å². The van der Waals surface area contributed by atoms with Crippen LogP contribution in [0.5, 0.6) is 0 Å². The highest BCUT2D eigenvalue weighted by atomic mass is 35.5. The molecule has 0 unspecified atom stereocenters. The van der Waals surface area contributed by atoms with Crippen LogP contribution in [0.25, 0.3) is 17.1 Å². The van der Waals surface area contributed by atoms with E-state index < -0.39 is 11.8 Å². The number of amides is 1. The van der Waals surface area contributed by atoms with E-state index in [1.54, 1.807) is 24.3 Å². The summed E-state index contributed by atoms with van der Waals surface area (Å²) in [5, 5.41) is 14.4. The van der Waals surface area contributed by atoms with E-state index in [2.05, 4.69) is 5.10 Å². The Hall–Kier alpha value is -2.90. The average Bonchev–Trinajstić information content (AvgIpc) is 2.97. The molecule has 4 rings (SSSR count). The van der Waals surface area contributed by atoms with Gasteiger partial charge in [-0.15, -0.1) is 5.10 Å². The highest BCUT2D eigenvalue weighted by molar-refractivity contribution is 6.30. The van der Waals surface area contributed by atoms with Crippen molar-refractivity contribution in [3.05, 3.63) is 70.1 Å². The SMILES string of the molecule is O=C(Cn1c(-c2ccccc2)nn(-c2ccc(Cl)cc2)c1=O)N1CC(O)C1. The van der Waals surface area contributed by atoms with Crippen molar-refractivity contribution >= 4 is 17.5 Å². The van der Waals surface area contributed by atoms with Gasteiger partial charge in [0.25, 0.3) is 0 Å². The van der Waals surface area contributed by atoms with E-state index in [9.17, 15) is 14.7 Å². The van der Waals surface area contributed by atoms with Crippen LogP contribution in [0.15, 0.2) is 59.4 Å². The number of halogens is 1. The summed E-state index contributed by atoms with van der Waals surface area (Å²) < 4.78 is 2.62. The smallest absolute Gasteiger partial charge is 0.351 e. The summed E-state index contributed by atoms with van der Waals surface area (Å²) in [7, 11) is 0. The normalized spacial score (nSPS) is 14.2. The largest absolute Gasteiger partial charge is 0.389 e. The molecule has 27 heavy (non-hydrogen) atoms. The third-order valence-corrected chi connectivity index (χ3v) is 4.73.